The van der Waals surface area contributed by atoms with Crippen LogP contribution in [0.1, 0.15) is 18.1 Å². The second kappa shape index (κ2) is 7.57. The second-order valence-corrected chi connectivity index (χ2v) is 7.71. The first kappa shape index (κ1) is 19.5. The average molecular weight is 376 g/mol. The number of benzene rings is 2. The van der Waals surface area contributed by atoms with E-state index in [1.165, 1.54) is 31.2 Å². The molecular formula is C18H20N2O5S. The van der Waals surface area contributed by atoms with E-state index in [-0.39, 0.29) is 10.8 Å². The highest BCUT2D eigenvalue weighted by Gasteiger charge is 2.29. The number of hydrogen-bond acceptors (Lipinski definition) is 4. The molecule has 138 valence electrons. The Hall–Kier alpha value is -2.87. The molecule has 2 aromatic carbocycles. The summed E-state index contributed by atoms with van der Waals surface area (Å²) in [5, 5.41) is 11.8. The topological polar surface area (TPSA) is 104 Å². The lowest BCUT2D eigenvalue weighted by atomic mass is 10.1. The molecular weight excluding hydrogens is 356 g/mol. The van der Waals surface area contributed by atoms with Crippen LogP contribution in [0, 0.1) is 13.8 Å². The van der Waals surface area contributed by atoms with E-state index in [4.69, 9.17) is 0 Å². The highest BCUT2D eigenvalue weighted by Crippen LogP contribution is 2.30. The van der Waals surface area contributed by atoms with Crippen molar-refractivity contribution in [3.63, 3.8) is 0 Å². The quantitative estimate of drug-likeness (QED) is 0.806. The van der Waals surface area contributed by atoms with E-state index in [1.807, 2.05) is 0 Å². The van der Waals surface area contributed by atoms with Crippen LogP contribution < -0.4 is 9.62 Å². The normalized spacial score (nSPS) is 11.0. The third-order valence-corrected chi connectivity index (χ3v) is 5.49. The van der Waals surface area contributed by atoms with Crippen LogP contribution in [0.5, 0.6) is 0 Å². The standard InChI is InChI=1S/C18H20N2O5S/c1-12-5-4-6-13(2)18(12)20(11-17(22)23)26(24,25)16-9-7-15(8-10-16)19-14(3)21/h4-10H,11H2,1-3H3,(H,19,21)(H,22,23). The average Bonchev–Trinajstić information content (AvgIpc) is 2.53. The molecule has 26 heavy (non-hydrogen) atoms. The predicted molar refractivity (Wildman–Crippen MR) is 98.8 cm³/mol. The van der Waals surface area contributed by atoms with Gasteiger partial charge in [-0.3, -0.25) is 13.9 Å². The molecule has 0 aliphatic heterocycles. The lowest BCUT2D eigenvalue weighted by Crippen LogP contribution is -2.36. The number of aliphatic carboxylic acids is 1. The van der Waals surface area contributed by atoms with Crippen LogP contribution in [0.25, 0.3) is 0 Å². The largest absolute Gasteiger partial charge is 0.480 e. The minimum absolute atomic E-state index is 0.0597. The summed E-state index contributed by atoms with van der Waals surface area (Å²) in [7, 11) is -4.10. The van der Waals surface area contributed by atoms with Crippen molar-refractivity contribution in [2.45, 2.75) is 25.7 Å². The molecule has 0 bridgehead atoms. The maximum atomic E-state index is 13.1. The fourth-order valence-electron chi connectivity index (χ4n) is 2.65. The molecule has 0 heterocycles. The van der Waals surface area contributed by atoms with Gasteiger partial charge in [-0.2, -0.15) is 0 Å². The molecule has 0 aliphatic carbocycles. The molecule has 8 heteroatoms. The molecule has 0 unspecified atom stereocenters. The van der Waals surface area contributed by atoms with Gasteiger partial charge in [-0.05, 0) is 49.2 Å². The Bertz CT molecular complexity index is 916. The number of carbonyl (C=O) groups excluding carboxylic acids is 1. The van der Waals surface area contributed by atoms with E-state index >= 15 is 0 Å². The van der Waals surface area contributed by atoms with E-state index in [0.29, 0.717) is 22.5 Å². The third-order valence-electron chi connectivity index (χ3n) is 3.73. The Morgan fingerprint density at radius 2 is 1.58 bits per heavy atom. The number of nitrogens with zero attached hydrogens (tertiary/aromatic N) is 1. The first-order valence-electron chi connectivity index (χ1n) is 7.81. The molecule has 7 nitrogen and oxygen atoms in total. The fraction of sp³-hybridized carbons (Fsp3) is 0.222. The molecule has 2 N–H and O–H groups in total. The van der Waals surface area contributed by atoms with Crippen molar-refractivity contribution in [2.75, 3.05) is 16.2 Å². The summed E-state index contributed by atoms with van der Waals surface area (Å²) in [6.07, 6.45) is 0. The van der Waals surface area contributed by atoms with Gasteiger partial charge in [0.2, 0.25) is 5.91 Å². The minimum atomic E-state index is -4.10. The molecule has 0 fully saturated rings. The number of aryl methyl sites for hydroxylation is 2. The van der Waals surface area contributed by atoms with E-state index in [1.54, 1.807) is 32.0 Å². The molecule has 0 atom stereocenters. The van der Waals surface area contributed by atoms with E-state index in [0.717, 1.165) is 4.31 Å². The number of para-hydroxylation sites is 1. The van der Waals surface area contributed by atoms with Gasteiger partial charge in [-0.25, -0.2) is 8.42 Å². The number of sulfonamides is 1. The summed E-state index contributed by atoms with van der Waals surface area (Å²) >= 11 is 0. The van der Waals surface area contributed by atoms with E-state index in [9.17, 15) is 23.1 Å². The number of nitrogens with one attached hydrogen (secondary N) is 1. The van der Waals surface area contributed by atoms with Crippen molar-refractivity contribution in [1.82, 2.24) is 0 Å². The van der Waals surface area contributed by atoms with Gasteiger partial charge >= 0.3 is 5.97 Å². The zero-order chi connectivity index (χ0) is 19.5. The Morgan fingerprint density at radius 3 is 2.04 bits per heavy atom. The van der Waals surface area contributed by atoms with Gasteiger partial charge in [-0.1, -0.05) is 18.2 Å². The number of amides is 1. The van der Waals surface area contributed by atoms with Gasteiger partial charge in [0.15, 0.2) is 0 Å². The Labute approximate surface area is 152 Å². The van der Waals surface area contributed by atoms with Crippen molar-refractivity contribution >= 4 is 33.3 Å². The molecule has 2 rings (SSSR count). The van der Waals surface area contributed by atoms with Crippen LogP contribution in [-0.4, -0.2) is 31.9 Å². The second-order valence-electron chi connectivity index (χ2n) is 5.85. The summed E-state index contributed by atoms with van der Waals surface area (Å²) < 4.78 is 27.1. The first-order valence-corrected chi connectivity index (χ1v) is 9.25. The molecule has 0 aliphatic rings. The summed E-state index contributed by atoms with van der Waals surface area (Å²) in [6, 6.07) is 10.8. The van der Waals surface area contributed by atoms with Crippen molar-refractivity contribution < 1.29 is 23.1 Å². The molecule has 0 spiro atoms. The molecule has 0 saturated carbocycles. The third kappa shape index (κ3) is 4.20. The van der Waals surface area contributed by atoms with Gasteiger partial charge < -0.3 is 10.4 Å². The van der Waals surface area contributed by atoms with E-state index in [2.05, 4.69) is 5.32 Å². The first-order chi connectivity index (χ1) is 12.1. The summed E-state index contributed by atoms with van der Waals surface area (Å²) in [4.78, 5) is 22.3. The molecule has 2 aromatic rings. The number of carboxylic acid groups (broad SMARTS) is 1. The molecule has 0 saturated heterocycles. The van der Waals surface area contributed by atoms with Crippen LogP contribution in [0.15, 0.2) is 47.4 Å². The smallest absolute Gasteiger partial charge is 0.324 e. The predicted octanol–water partition coefficient (Wildman–Crippen LogP) is 2.54. The lowest BCUT2D eigenvalue weighted by Gasteiger charge is -2.26. The zero-order valence-electron chi connectivity index (χ0n) is 14.7. The van der Waals surface area contributed by atoms with Crippen LogP contribution in [0.2, 0.25) is 0 Å². The molecule has 1 amide bonds. The SMILES string of the molecule is CC(=O)Nc1ccc(S(=O)(=O)N(CC(=O)O)c2c(C)cccc2C)cc1. The van der Waals surface area contributed by atoms with Crippen molar-refractivity contribution in [3.05, 3.63) is 53.6 Å². The highest BCUT2D eigenvalue weighted by molar-refractivity contribution is 7.92. The number of anilines is 2. The lowest BCUT2D eigenvalue weighted by molar-refractivity contribution is -0.135. The summed E-state index contributed by atoms with van der Waals surface area (Å²) in [6.45, 7) is 4.11. The number of carbonyl (C=O) groups is 2. The van der Waals surface area contributed by atoms with Crippen LogP contribution in [-0.2, 0) is 19.6 Å². The van der Waals surface area contributed by atoms with Crippen molar-refractivity contribution in [3.8, 4) is 0 Å². The maximum absolute atomic E-state index is 13.1. The summed E-state index contributed by atoms with van der Waals surface area (Å²) in [5.41, 5.74) is 2.11. The van der Waals surface area contributed by atoms with Gasteiger partial charge in [0.1, 0.15) is 6.54 Å². The maximum Gasteiger partial charge on any atom is 0.324 e. The van der Waals surface area contributed by atoms with Gasteiger partial charge in [-0.15, -0.1) is 0 Å². The Kier molecular flexibility index (Phi) is 5.66. The Morgan fingerprint density at radius 1 is 1.04 bits per heavy atom. The van der Waals surface area contributed by atoms with Crippen LogP contribution in [0.3, 0.4) is 0 Å². The van der Waals surface area contributed by atoms with Crippen LogP contribution in [0.4, 0.5) is 11.4 Å². The van der Waals surface area contributed by atoms with E-state index < -0.39 is 22.5 Å². The summed E-state index contributed by atoms with van der Waals surface area (Å²) in [5.74, 6) is -1.53. The molecule has 0 aromatic heterocycles. The zero-order valence-corrected chi connectivity index (χ0v) is 15.5. The van der Waals surface area contributed by atoms with Crippen LogP contribution >= 0.6 is 0 Å². The fourth-order valence-corrected chi connectivity index (χ4v) is 4.19. The highest BCUT2D eigenvalue weighted by atomic mass is 32.2. The van der Waals surface area contributed by atoms with Crippen molar-refractivity contribution in [2.24, 2.45) is 0 Å². The number of carboxylic acids is 1. The Balaban J connectivity index is 2.53. The van der Waals surface area contributed by atoms with Gasteiger partial charge in [0, 0.05) is 12.6 Å². The van der Waals surface area contributed by atoms with Gasteiger partial charge in [0.05, 0.1) is 10.6 Å². The van der Waals surface area contributed by atoms with Crippen molar-refractivity contribution in [1.29, 1.82) is 0 Å². The minimum Gasteiger partial charge on any atom is -0.480 e. The monoisotopic (exact) mass is 376 g/mol. The number of rotatable bonds is 6. The number of hydrogen-bond donors (Lipinski definition) is 2. The molecule has 0 radical (unpaired) electrons. The van der Waals surface area contributed by atoms with Gasteiger partial charge in [0.25, 0.3) is 10.0 Å².